The number of rotatable bonds is 4. The van der Waals surface area contributed by atoms with E-state index in [1.165, 1.54) is 11.1 Å². The fourth-order valence-corrected chi connectivity index (χ4v) is 2.47. The molecule has 0 bridgehead atoms. The van der Waals surface area contributed by atoms with Crippen LogP contribution in [-0.4, -0.2) is 15.2 Å². The molecule has 1 heterocycles. The third-order valence-corrected chi connectivity index (χ3v) is 4.13. The molecule has 6 heteroatoms. The molecule has 23 heavy (non-hydrogen) atoms. The lowest BCUT2D eigenvalue weighted by Crippen LogP contribution is -2.02. The van der Waals surface area contributed by atoms with Gasteiger partial charge in [-0.1, -0.05) is 34.1 Å². The van der Waals surface area contributed by atoms with Gasteiger partial charge in [0.05, 0.1) is 6.20 Å². The predicted molar refractivity (Wildman–Crippen MR) is 96.5 cm³/mol. The van der Waals surface area contributed by atoms with Gasteiger partial charge in [0.2, 0.25) is 5.95 Å². The zero-order valence-electron chi connectivity index (χ0n) is 12.8. The quantitative estimate of drug-likeness (QED) is 0.695. The van der Waals surface area contributed by atoms with Crippen LogP contribution in [0.3, 0.4) is 0 Å². The van der Waals surface area contributed by atoms with E-state index in [1.54, 1.807) is 6.20 Å². The van der Waals surface area contributed by atoms with Crippen molar-refractivity contribution in [2.24, 2.45) is 0 Å². The summed E-state index contributed by atoms with van der Waals surface area (Å²) in [6.07, 6.45) is 1.60. The summed E-state index contributed by atoms with van der Waals surface area (Å²) in [5, 5.41) is 14.4. The SMILES string of the molecule is Cc1cccc(Nc2cnnc(Nc3ccc(C)c(Br)c3)n2)c1. The number of nitrogens with one attached hydrogen (secondary N) is 2. The average Bonchev–Trinajstić information content (AvgIpc) is 2.51. The molecule has 0 unspecified atom stereocenters. The van der Waals surface area contributed by atoms with Gasteiger partial charge in [-0.2, -0.15) is 10.1 Å². The molecule has 0 fully saturated rings. The van der Waals surface area contributed by atoms with Crippen LogP contribution in [0.4, 0.5) is 23.1 Å². The first kappa shape index (κ1) is 15.4. The van der Waals surface area contributed by atoms with E-state index in [2.05, 4.69) is 41.7 Å². The molecule has 0 atom stereocenters. The van der Waals surface area contributed by atoms with Crippen molar-refractivity contribution < 1.29 is 0 Å². The minimum Gasteiger partial charge on any atom is -0.339 e. The van der Waals surface area contributed by atoms with Crippen LogP contribution in [0.2, 0.25) is 0 Å². The van der Waals surface area contributed by atoms with Crippen LogP contribution >= 0.6 is 15.9 Å². The van der Waals surface area contributed by atoms with Crippen LogP contribution in [0.1, 0.15) is 11.1 Å². The summed E-state index contributed by atoms with van der Waals surface area (Å²) in [7, 11) is 0. The molecule has 0 aliphatic heterocycles. The molecule has 0 saturated heterocycles. The molecule has 3 rings (SSSR count). The molecule has 0 radical (unpaired) electrons. The first-order valence-corrected chi connectivity index (χ1v) is 7.96. The molecule has 116 valence electrons. The highest BCUT2D eigenvalue weighted by Gasteiger charge is 2.03. The standard InChI is InChI=1S/C17H16BrN5/c1-11-4-3-5-13(8-11)20-16-10-19-23-17(22-16)21-14-7-6-12(2)15(18)9-14/h3-10H,1-2H3,(H2,20,21,22,23). The van der Waals surface area contributed by atoms with Crippen LogP contribution in [0.15, 0.2) is 53.1 Å². The molecular formula is C17H16BrN5. The zero-order valence-corrected chi connectivity index (χ0v) is 14.4. The summed E-state index contributed by atoms with van der Waals surface area (Å²) in [6, 6.07) is 14.1. The minimum absolute atomic E-state index is 0.443. The lowest BCUT2D eigenvalue weighted by molar-refractivity contribution is 0.982. The van der Waals surface area contributed by atoms with Gasteiger partial charge in [-0.25, -0.2) is 0 Å². The van der Waals surface area contributed by atoms with Gasteiger partial charge in [-0.3, -0.25) is 0 Å². The number of hydrogen-bond acceptors (Lipinski definition) is 5. The van der Waals surface area contributed by atoms with E-state index in [9.17, 15) is 0 Å². The van der Waals surface area contributed by atoms with E-state index < -0.39 is 0 Å². The van der Waals surface area contributed by atoms with E-state index in [1.807, 2.05) is 56.3 Å². The summed E-state index contributed by atoms with van der Waals surface area (Å²) in [6.45, 7) is 4.09. The smallest absolute Gasteiger partial charge is 0.249 e. The van der Waals surface area contributed by atoms with Gasteiger partial charge in [0.1, 0.15) is 0 Å². The Morgan fingerprint density at radius 1 is 0.957 bits per heavy atom. The summed E-state index contributed by atoms with van der Waals surface area (Å²) < 4.78 is 1.03. The number of halogens is 1. The summed E-state index contributed by atoms with van der Waals surface area (Å²) >= 11 is 3.52. The van der Waals surface area contributed by atoms with Gasteiger partial charge in [-0.15, -0.1) is 5.10 Å². The monoisotopic (exact) mass is 369 g/mol. The van der Waals surface area contributed by atoms with Crippen molar-refractivity contribution in [2.75, 3.05) is 10.6 Å². The molecule has 3 aromatic rings. The molecule has 0 aliphatic rings. The lowest BCUT2D eigenvalue weighted by Gasteiger charge is -2.09. The highest BCUT2D eigenvalue weighted by molar-refractivity contribution is 9.10. The maximum Gasteiger partial charge on any atom is 0.249 e. The Morgan fingerprint density at radius 3 is 2.57 bits per heavy atom. The number of hydrogen-bond donors (Lipinski definition) is 2. The summed E-state index contributed by atoms with van der Waals surface area (Å²) in [5.41, 5.74) is 4.22. The molecule has 0 aliphatic carbocycles. The molecule has 2 N–H and O–H groups in total. The second kappa shape index (κ2) is 6.75. The second-order valence-corrected chi connectivity index (χ2v) is 6.10. The number of anilines is 4. The Morgan fingerprint density at radius 2 is 1.78 bits per heavy atom. The van der Waals surface area contributed by atoms with E-state index in [-0.39, 0.29) is 0 Å². The van der Waals surface area contributed by atoms with Gasteiger partial charge in [0, 0.05) is 15.8 Å². The topological polar surface area (TPSA) is 62.7 Å². The fourth-order valence-electron chi connectivity index (χ4n) is 2.09. The first-order valence-electron chi connectivity index (χ1n) is 7.17. The van der Waals surface area contributed by atoms with Crippen molar-refractivity contribution in [3.8, 4) is 0 Å². The molecule has 2 aromatic carbocycles. The van der Waals surface area contributed by atoms with Gasteiger partial charge < -0.3 is 10.6 Å². The van der Waals surface area contributed by atoms with Crippen molar-refractivity contribution in [1.82, 2.24) is 15.2 Å². The molecule has 0 saturated carbocycles. The Kier molecular flexibility index (Phi) is 4.52. The number of nitrogens with zero attached hydrogens (tertiary/aromatic N) is 3. The maximum atomic E-state index is 4.43. The van der Waals surface area contributed by atoms with Crippen molar-refractivity contribution >= 4 is 39.1 Å². The van der Waals surface area contributed by atoms with Crippen LogP contribution in [-0.2, 0) is 0 Å². The molecule has 0 spiro atoms. The zero-order chi connectivity index (χ0) is 16.2. The Balaban J connectivity index is 1.78. The highest BCUT2D eigenvalue weighted by Crippen LogP contribution is 2.23. The molecular weight excluding hydrogens is 354 g/mol. The average molecular weight is 370 g/mol. The van der Waals surface area contributed by atoms with Gasteiger partial charge in [0.15, 0.2) is 5.82 Å². The van der Waals surface area contributed by atoms with Crippen LogP contribution in [0.25, 0.3) is 0 Å². The van der Waals surface area contributed by atoms with Crippen LogP contribution in [0.5, 0.6) is 0 Å². The summed E-state index contributed by atoms with van der Waals surface area (Å²) in [4.78, 5) is 4.43. The molecule has 1 aromatic heterocycles. The van der Waals surface area contributed by atoms with Crippen molar-refractivity contribution in [3.05, 3.63) is 64.3 Å². The predicted octanol–water partition coefficient (Wildman–Crippen LogP) is 4.74. The lowest BCUT2D eigenvalue weighted by atomic mass is 10.2. The molecule has 5 nitrogen and oxygen atoms in total. The van der Waals surface area contributed by atoms with E-state index in [4.69, 9.17) is 0 Å². The van der Waals surface area contributed by atoms with Gasteiger partial charge in [0.25, 0.3) is 0 Å². The molecule has 0 amide bonds. The number of benzene rings is 2. The van der Waals surface area contributed by atoms with E-state index in [0.717, 1.165) is 15.8 Å². The summed E-state index contributed by atoms with van der Waals surface area (Å²) in [5.74, 6) is 1.08. The van der Waals surface area contributed by atoms with Gasteiger partial charge in [-0.05, 0) is 49.2 Å². The van der Waals surface area contributed by atoms with E-state index >= 15 is 0 Å². The van der Waals surface area contributed by atoms with Crippen LogP contribution < -0.4 is 10.6 Å². The van der Waals surface area contributed by atoms with Gasteiger partial charge >= 0.3 is 0 Å². The minimum atomic E-state index is 0.443. The third-order valence-electron chi connectivity index (χ3n) is 3.28. The Hall–Kier alpha value is -2.47. The van der Waals surface area contributed by atoms with Crippen molar-refractivity contribution in [1.29, 1.82) is 0 Å². The Bertz CT molecular complexity index is 835. The van der Waals surface area contributed by atoms with Crippen molar-refractivity contribution in [2.45, 2.75) is 13.8 Å². The Labute approximate surface area is 143 Å². The second-order valence-electron chi connectivity index (χ2n) is 5.25. The van der Waals surface area contributed by atoms with Crippen LogP contribution in [0, 0.1) is 13.8 Å². The first-order chi connectivity index (χ1) is 11.1. The normalized spacial score (nSPS) is 10.4. The largest absolute Gasteiger partial charge is 0.339 e. The third kappa shape index (κ3) is 4.04. The van der Waals surface area contributed by atoms with Crippen molar-refractivity contribution in [3.63, 3.8) is 0 Å². The maximum absolute atomic E-state index is 4.43. The number of aromatic nitrogens is 3. The number of aryl methyl sites for hydroxylation is 2. The fraction of sp³-hybridized carbons (Fsp3) is 0.118. The highest BCUT2D eigenvalue weighted by atomic mass is 79.9. The van der Waals surface area contributed by atoms with E-state index in [0.29, 0.717) is 11.8 Å².